The summed E-state index contributed by atoms with van der Waals surface area (Å²) in [4.78, 5) is 2.21. The summed E-state index contributed by atoms with van der Waals surface area (Å²) in [5, 5.41) is 0. The Bertz CT molecular complexity index is 140. The predicted molar refractivity (Wildman–Crippen MR) is 44.2 cm³/mol. The van der Waals surface area contributed by atoms with Crippen LogP contribution in [0.15, 0.2) is 0 Å². The van der Waals surface area contributed by atoms with Crippen molar-refractivity contribution >= 4 is 0 Å². The quantitative estimate of drug-likeness (QED) is 0.551. The van der Waals surface area contributed by atoms with Gasteiger partial charge < -0.3 is 12.3 Å². The fourth-order valence-corrected chi connectivity index (χ4v) is 2.10. The van der Waals surface area contributed by atoms with Crippen LogP contribution in [0.4, 0.5) is 0 Å². The van der Waals surface area contributed by atoms with Crippen LogP contribution in [-0.4, -0.2) is 18.0 Å². The summed E-state index contributed by atoms with van der Waals surface area (Å²) in [6, 6.07) is 0. The summed E-state index contributed by atoms with van der Waals surface area (Å²) in [7, 11) is 3.94. The minimum absolute atomic E-state index is 0. The zero-order valence-corrected chi connectivity index (χ0v) is 13.8. The molecule has 0 aromatic carbocycles. The minimum atomic E-state index is 0. The molecule has 12 heavy (non-hydrogen) atoms. The molecule has 1 aliphatic carbocycles. The van der Waals surface area contributed by atoms with Crippen LogP contribution in [0.25, 0.3) is 0 Å². The van der Waals surface area contributed by atoms with Crippen molar-refractivity contribution in [3.8, 4) is 0 Å². The summed E-state index contributed by atoms with van der Waals surface area (Å²) in [5.41, 5.74) is 0.738. The van der Waals surface area contributed by atoms with Gasteiger partial charge >= 0.3 is 21.1 Å². The van der Waals surface area contributed by atoms with Gasteiger partial charge in [0.25, 0.3) is 0 Å². The Kier molecular flexibility index (Phi) is 7.54. The number of rotatable bonds is 0. The molecule has 1 spiro atoms. The third-order valence-corrected chi connectivity index (χ3v) is 3.06. The molecule has 0 amide bonds. The van der Waals surface area contributed by atoms with E-state index in [0.29, 0.717) is 0 Å². The molecular weight excluding hydrogens is 395 g/mol. The molecule has 2 fully saturated rings. The number of nitrogens with zero attached hydrogens (tertiary/aromatic N) is 1. The van der Waals surface area contributed by atoms with Gasteiger partial charge in [0.2, 0.25) is 0 Å². The summed E-state index contributed by atoms with van der Waals surface area (Å²) in [6.07, 6.45) is 2.86. The predicted octanol–water partition coefficient (Wildman–Crippen LogP) is 1.96. The molecule has 0 aromatic rings. The van der Waals surface area contributed by atoms with Gasteiger partial charge in [-0.25, -0.2) is 0 Å². The Morgan fingerprint density at radius 1 is 1.50 bits per heavy atom. The van der Waals surface area contributed by atoms with Crippen LogP contribution in [-0.2, 0) is 53.8 Å². The third-order valence-electron chi connectivity index (χ3n) is 3.06. The Hall–Kier alpha value is 1.75. The molecule has 2 aliphatic rings. The zero-order chi connectivity index (χ0) is 6.48. The normalized spacial score (nSPS) is 38.0. The fourth-order valence-electron chi connectivity index (χ4n) is 2.10. The van der Waals surface area contributed by atoms with E-state index in [2.05, 4.69) is 18.9 Å². The molecule has 1 saturated heterocycles. The van der Waals surface area contributed by atoms with Gasteiger partial charge in [0.1, 0.15) is 0 Å². The molecule has 67 valence electrons. The van der Waals surface area contributed by atoms with E-state index in [1.54, 1.807) is 0 Å². The summed E-state index contributed by atoms with van der Waals surface area (Å²) >= 11 is 0. The van der Waals surface area contributed by atoms with Crippen LogP contribution >= 0.6 is 0 Å². The molecule has 1 aliphatic heterocycles. The van der Waals surface area contributed by atoms with Gasteiger partial charge in [-0.2, -0.15) is 0 Å². The molecule has 1 heterocycles. The van der Waals surface area contributed by atoms with Gasteiger partial charge in [0.05, 0.1) is 0 Å². The molecule has 1 saturated carbocycles. The van der Waals surface area contributed by atoms with Crippen molar-refractivity contribution in [1.29, 1.82) is 0 Å². The Morgan fingerprint density at radius 2 is 2.00 bits per heavy atom. The van der Waals surface area contributed by atoms with Crippen molar-refractivity contribution in [2.45, 2.75) is 19.8 Å². The molecule has 0 aromatic heterocycles. The molecule has 3 heteroatoms. The van der Waals surface area contributed by atoms with Crippen molar-refractivity contribution in [2.24, 2.45) is 11.3 Å². The van der Waals surface area contributed by atoms with Crippen LogP contribution < -0.4 is 0 Å². The van der Waals surface area contributed by atoms with Gasteiger partial charge in [-0.3, -0.25) is 7.05 Å². The molecule has 0 bridgehead atoms. The average Bonchev–Trinajstić information content (AvgIpc) is 2.17. The van der Waals surface area contributed by atoms with Crippen LogP contribution in [0, 0.1) is 25.8 Å². The molecule has 0 N–H and O–H groups in total. The van der Waals surface area contributed by atoms with Crippen molar-refractivity contribution in [1.82, 2.24) is 4.90 Å². The van der Waals surface area contributed by atoms with E-state index in [1.165, 1.54) is 25.9 Å². The first kappa shape index (κ1) is 16.2. The molecule has 1 radical (unpaired) electrons. The van der Waals surface area contributed by atoms with Crippen LogP contribution in [0.3, 0.4) is 0 Å². The van der Waals surface area contributed by atoms with Crippen LogP contribution in [0.2, 0.25) is 0 Å². The van der Waals surface area contributed by atoms with Crippen molar-refractivity contribution in [2.75, 3.05) is 13.1 Å². The molecule has 0 unspecified atom stereocenters. The first-order valence-corrected chi connectivity index (χ1v) is 3.78. The van der Waals surface area contributed by atoms with E-state index in [-0.39, 0.29) is 61.2 Å². The molecule has 2 rings (SSSR count). The summed E-state index contributed by atoms with van der Waals surface area (Å²) in [6.45, 7) is 4.84. The van der Waals surface area contributed by atoms with Gasteiger partial charge in [-0.05, 0) is 37.3 Å². The monoisotopic (exact) mass is 412 g/mol. The maximum atomic E-state index is 3.94. The topological polar surface area (TPSA) is 3.24 Å². The van der Waals surface area contributed by atoms with E-state index in [1.807, 2.05) is 0 Å². The number of hydrogen-bond acceptors (Lipinski definition) is 1. The number of hydrogen-bond donors (Lipinski definition) is 0. The SMILES string of the molecule is [CH2-]N1CC[C@]2(C[C@H]2C)C1.[CH3-].[W+2].[Y]. The van der Waals surface area contributed by atoms with Crippen molar-refractivity contribution in [3.05, 3.63) is 14.5 Å². The molecule has 1 nitrogen and oxygen atoms in total. The van der Waals surface area contributed by atoms with Crippen molar-refractivity contribution < 1.29 is 53.8 Å². The Morgan fingerprint density at radius 3 is 2.17 bits per heavy atom. The Labute approximate surface area is 116 Å². The average molecular weight is 412 g/mol. The first-order chi connectivity index (χ1) is 4.23. The fraction of sp³-hybridized carbons (Fsp3) is 0.778. The van der Waals surface area contributed by atoms with Gasteiger partial charge in [0, 0.05) is 32.7 Å². The van der Waals surface area contributed by atoms with E-state index >= 15 is 0 Å². The van der Waals surface area contributed by atoms with E-state index in [0.717, 1.165) is 11.3 Å². The van der Waals surface area contributed by atoms with E-state index in [9.17, 15) is 0 Å². The Balaban J connectivity index is 0. The summed E-state index contributed by atoms with van der Waals surface area (Å²) < 4.78 is 0. The molecule has 2 atom stereocenters. The van der Waals surface area contributed by atoms with Gasteiger partial charge in [-0.1, -0.05) is 6.92 Å². The number of likely N-dealkylation sites (tertiary alicyclic amines) is 1. The maximum absolute atomic E-state index is 3.94. The maximum Gasteiger partial charge on any atom is 2.00 e. The smallest absolute Gasteiger partial charge is 0.459 e. The van der Waals surface area contributed by atoms with Crippen LogP contribution in [0.1, 0.15) is 19.8 Å². The van der Waals surface area contributed by atoms with Gasteiger partial charge in [-0.15, -0.1) is 0 Å². The molecular formula is C9H17NWY. The second-order valence-electron chi connectivity index (χ2n) is 3.77. The summed E-state index contributed by atoms with van der Waals surface area (Å²) in [5.74, 6) is 0.990. The largest absolute Gasteiger partial charge is 2.00 e. The van der Waals surface area contributed by atoms with E-state index in [4.69, 9.17) is 0 Å². The standard InChI is InChI=1S/C8H14N.CH3.W.Y/c1-7-5-8(7)3-4-9(2)6-8;;;/h7H,2-6H2,1H3;1H3;;/q2*-1;+2;/t7-,8+;;;/m1.../s1. The minimum Gasteiger partial charge on any atom is -0.459 e. The van der Waals surface area contributed by atoms with Crippen molar-refractivity contribution in [3.63, 3.8) is 0 Å². The second-order valence-corrected chi connectivity index (χ2v) is 3.77. The van der Waals surface area contributed by atoms with Gasteiger partial charge in [0.15, 0.2) is 0 Å². The van der Waals surface area contributed by atoms with Crippen LogP contribution in [0.5, 0.6) is 0 Å². The second kappa shape index (κ2) is 5.59. The van der Waals surface area contributed by atoms with E-state index < -0.39 is 0 Å². The zero-order valence-electron chi connectivity index (χ0n) is 8.05. The first-order valence-electron chi connectivity index (χ1n) is 3.78. The third kappa shape index (κ3) is 2.87.